The molecule has 1 saturated heterocycles. The van der Waals surface area contributed by atoms with Gasteiger partial charge in [0.1, 0.15) is 6.17 Å². The van der Waals surface area contributed by atoms with Crippen LogP contribution in [0.4, 0.5) is 4.39 Å². The molecule has 2 unspecified atom stereocenters. The highest BCUT2D eigenvalue weighted by Gasteiger charge is 2.31. The molecule has 1 aliphatic heterocycles. The molecule has 7 nitrogen and oxygen atoms in total. The van der Waals surface area contributed by atoms with Gasteiger partial charge in [-0.2, -0.15) is 15.1 Å². The summed E-state index contributed by atoms with van der Waals surface area (Å²) < 4.78 is 21.7. The lowest BCUT2D eigenvalue weighted by molar-refractivity contribution is 0.0729. The van der Waals surface area contributed by atoms with Crippen LogP contribution in [0.2, 0.25) is 0 Å². The molecule has 2 fully saturated rings. The van der Waals surface area contributed by atoms with Crippen LogP contribution in [0.5, 0.6) is 6.01 Å². The van der Waals surface area contributed by atoms with Gasteiger partial charge in [-0.1, -0.05) is 0 Å². The summed E-state index contributed by atoms with van der Waals surface area (Å²) in [7, 11) is 1.54. The maximum absolute atomic E-state index is 14.6. The first-order chi connectivity index (χ1) is 14.5. The summed E-state index contributed by atoms with van der Waals surface area (Å²) in [6, 6.07) is 6.32. The summed E-state index contributed by atoms with van der Waals surface area (Å²) in [5, 5.41) is 18.3. The molecule has 0 radical (unpaired) electrons. The Morgan fingerprint density at radius 1 is 1.23 bits per heavy atom. The maximum atomic E-state index is 14.6. The van der Waals surface area contributed by atoms with Crippen LogP contribution in [-0.4, -0.2) is 57.3 Å². The summed E-state index contributed by atoms with van der Waals surface area (Å²) in [6.07, 6.45) is 2.79. The molecule has 0 spiro atoms. The van der Waals surface area contributed by atoms with Gasteiger partial charge in [-0.15, -0.1) is 0 Å². The van der Waals surface area contributed by atoms with E-state index in [0.717, 1.165) is 40.7 Å². The highest BCUT2D eigenvalue weighted by Crippen LogP contribution is 2.37. The van der Waals surface area contributed by atoms with Crippen molar-refractivity contribution in [3.05, 3.63) is 41.2 Å². The van der Waals surface area contributed by atoms with Crippen LogP contribution >= 0.6 is 0 Å². The molecule has 30 heavy (non-hydrogen) atoms. The summed E-state index contributed by atoms with van der Waals surface area (Å²) in [6.45, 7) is 3.25. The SMILES string of the molecule is COc1nc(-n2ncc3cc(C)c(C4CCNCC4F)cc32)cc([C@H]2C[C@H](O)C2)n1. The Labute approximate surface area is 174 Å². The number of halogens is 1. The second-order valence-electron chi connectivity index (χ2n) is 8.40. The fourth-order valence-corrected chi connectivity index (χ4v) is 4.63. The summed E-state index contributed by atoms with van der Waals surface area (Å²) in [5.74, 6) is 0.688. The predicted octanol–water partition coefficient (Wildman–Crippen LogP) is 2.79. The standard InChI is InChI=1S/C22H26FN5O2/c1-12-5-14-10-25-28(20(14)8-17(12)16-3-4-24-11-18(16)23)21-9-19(13-6-15(29)7-13)26-22(27-21)30-2/h5,8-10,13,15-16,18,24,29H,3-4,6-7,11H2,1-2H3/t13-,15-,16?,18?. The van der Waals surface area contributed by atoms with Crippen molar-refractivity contribution in [2.24, 2.45) is 0 Å². The van der Waals surface area contributed by atoms with Crippen LogP contribution in [0, 0.1) is 6.92 Å². The minimum atomic E-state index is -0.901. The van der Waals surface area contributed by atoms with E-state index in [4.69, 9.17) is 4.74 Å². The number of methoxy groups -OCH3 is 1. The molecule has 1 aromatic carbocycles. The largest absolute Gasteiger partial charge is 0.467 e. The highest BCUT2D eigenvalue weighted by atomic mass is 19.1. The van der Waals surface area contributed by atoms with Gasteiger partial charge in [0.2, 0.25) is 0 Å². The number of rotatable bonds is 4. The number of nitrogens with one attached hydrogen (secondary N) is 1. The van der Waals surface area contributed by atoms with E-state index in [-0.39, 0.29) is 24.0 Å². The van der Waals surface area contributed by atoms with Crippen molar-refractivity contribution >= 4 is 10.9 Å². The molecule has 1 saturated carbocycles. The number of aliphatic hydroxyl groups excluding tert-OH is 1. The first-order valence-electron chi connectivity index (χ1n) is 10.5. The number of aliphatic hydroxyl groups is 1. The molecule has 5 rings (SSSR count). The fourth-order valence-electron chi connectivity index (χ4n) is 4.63. The smallest absolute Gasteiger partial charge is 0.318 e. The summed E-state index contributed by atoms with van der Waals surface area (Å²) >= 11 is 0. The van der Waals surface area contributed by atoms with Crippen molar-refractivity contribution in [3.63, 3.8) is 0 Å². The van der Waals surface area contributed by atoms with Gasteiger partial charge in [0.15, 0.2) is 5.82 Å². The third-order valence-electron chi connectivity index (χ3n) is 6.41. The first-order valence-corrected chi connectivity index (χ1v) is 10.5. The Morgan fingerprint density at radius 3 is 2.80 bits per heavy atom. The lowest BCUT2D eigenvalue weighted by atomic mass is 9.80. The zero-order valence-electron chi connectivity index (χ0n) is 17.2. The minimum Gasteiger partial charge on any atom is -0.467 e. The lowest BCUT2D eigenvalue weighted by Gasteiger charge is -2.31. The zero-order valence-corrected chi connectivity index (χ0v) is 17.2. The first kappa shape index (κ1) is 19.4. The Hall–Kier alpha value is -2.58. The average molecular weight is 411 g/mol. The second-order valence-corrected chi connectivity index (χ2v) is 8.40. The number of hydrogen-bond donors (Lipinski definition) is 2. The fraction of sp³-hybridized carbons (Fsp3) is 0.500. The molecule has 1 aliphatic carbocycles. The second kappa shape index (κ2) is 7.59. The van der Waals surface area contributed by atoms with Gasteiger partial charge in [-0.05, 0) is 56.0 Å². The van der Waals surface area contributed by atoms with E-state index in [0.29, 0.717) is 25.2 Å². The minimum absolute atomic E-state index is 0.119. The van der Waals surface area contributed by atoms with E-state index >= 15 is 0 Å². The van der Waals surface area contributed by atoms with E-state index < -0.39 is 6.17 Å². The molecule has 2 N–H and O–H groups in total. The normalized spacial score (nSPS) is 26.5. The zero-order chi connectivity index (χ0) is 20.8. The Kier molecular flexibility index (Phi) is 4.91. The van der Waals surface area contributed by atoms with Gasteiger partial charge >= 0.3 is 6.01 Å². The molecule has 8 heteroatoms. The van der Waals surface area contributed by atoms with E-state index in [2.05, 4.69) is 32.5 Å². The van der Waals surface area contributed by atoms with Crippen molar-refractivity contribution in [2.75, 3.05) is 20.2 Å². The number of fused-ring (bicyclic) bond motifs is 1. The van der Waals surface area contributed by atoms with Crippen LogP contribution in [0.25, 0.3) is 16.7 Å². The average Bonchev–Trinajstić information content (AvgIpc) is 3.13. The van der Waals surface area contributed by atoms with Crippen molar-refractivity contribution < 1.29 is 14.2 Å². The van der Waals surface area contributed by atoms with Gasteiger partial charge in [-0.3, -0.25) is 0 Å². The Balaban J connectivity index is 1.59. The number of alkyl halides is 1. The topological polar surface area (TPSA) is 85.1 Å². The molecule has 2 aromatic heterocycles. The van der Waals surface area contributed by atoms with Crippen molar-refractivity contribution in [1.29, 1.82) is 0 Å². The molecule has 3 aromatic rings. The summed E-state index contributed by atoms with van der Waals surface area (Å²) in [4.78, 5) is 8.98. The van der Waals surface area contributed by atoms with E-state index in [9.17, 15) is 9.50 Å². The lowest BCUT2D eigenvalue weighted by Crippen LogP contribution is -2.36. The van der Waals surface area contributed by atoms with Gasteiger partial charge in [-0.25, -0.2) is 9.07 Å². The monoisotopic (exact) mass is 411 g/mol. The number of aromatic nitrogens is 4. The van der Waals surface area contributed by atoms with Gasteiger partial charge in [0.05, 0.1) is 30.6 Å². The van der Waals surface area contributed by atoms with Crippen molar-refractivity contribution in [3.8, 4) is 11.8 Å². The number of piperidine rings is 1. The van der Waals surface area contributed by atoms with E-state index in [1.165, 1.54) is 0 Å². The Bertz CT molecular complexity index is 1080. The molecular formula is C22H26FN5O2. The van der Waals surface area contributed by atoms with E-state index in [1.807, 2.05) is 19.2 Å². The quantitative estimate of drug-likeness (QED) is 0.687. The van der Waals surface area contributed by atoms with Crippen molar-refractivity contribution in [2.45, 2.75) is 50.3 Å². The number of aryl methyl sites for hydroxylation is 1. The molecule has 0 amide bonds. The van der Waals surface area contributed by atoms with Crippen LogP contribution < -0.4 is 10.1 Å². The molecule has 2 aliphatic rings. The molecule has 2 atom stereocenters. The van der Waals surface area contributed by atoms with Gasteiger partial charge in [0, 0.05) is 29.8 Å². The number of ether oxygens (including phenoxy) is 1. The highest BCUT2D eigenvalue weighted by molar-refractivity contribution is 5.82. The third-order valence-corrected chi connectivity index (χ3v) is 6.41. The van der Waals surface area contributed by atoms with Gasteiger partial charge in [0.25, 0.3) is 0 Å². The number of nitrogens with zero attached hydrogens (tertiary/aromatic N) is 4. The van der Waals surface area contributed by atoms with Crippen LogP contribution in [0.1, 0.15) is 47.9 Å². The molecule has 3 heterocycles. The van der Waals surface area contributed by atoms with E-state index in [1.54, 1.807) is 11.8 Å². The maximum Gasteiger partial charge on any atom is 0.318 e. The van der Waals surface area contributed by atoms with Crippen LogP contribution in [-0.2, 0) is 0 Å². The predicted molar refractivity (Wildman–Crippen MR) is 111 cm³/mol. The number of hydrogen-bond acceptors (Lipinski definition) is 6. The van der Waals surface area contributed by atoms with Crippen molar-refractivity contribution in [1.82, 2.24) is 25.1 Å². The third kappa shape index (κ3) is 3.33. The summed E-state index contributed by atoms with van der Waals surface area (Å²) in [5.41, 5.74) is 3.85. The molecular weight excluding hydrogens is 385 g/mol. The van der Waals surface area contributed by atoms with Crippen LogP contribution in [0.15, 0.2) is 24.4 Å². The Morgan fingerprint density at radius 2 is 2.07 bits per heavy atom. The molecule has 0 bridgehead atoms. The molecule has 158 valence electrons. The number of benzene rings is 1. The van der Waals surface area contributed by atoms with Gasteiger partial charge < -0.3 is 15.2 Å². The van der Waals surface area contributed by atoms with Crippen LogP contribution in [0.3, 0.4) is 0 Å².